The fourth-order valence-corrected chi connectivity index (χ4v) is 3.12. The number of hydrogen-bond donors (Lipinski definition) is 3. The number of carbonyl (C=O) groups is 2. The predicted molar refractivity (Wildman–Crippen MR) is 128 cm³/mol. The first-order chi connectivity index (χ1) is 14.9. The molecule has 0 heterocycles. The summed E-state index contributed by atoms with van der Waals surface area (Å²) in [7, 11) is 0. The van der Waals surface area contributed by atoms with Crippen LogP contribution >= 0.6 is 23.2 Å². The Labute approximate surface area is 193 Å². The molecule has 0 bridgehead atoms. The van der Waals surface area contributed by atoms with E-state index in [4.69, 9.17) is 23.2 Å². The van der Waals surface area contributed by atoms with Crippen molar-refractivity contribution in [3.05, 3.63) is 58.6 Å². The summed E-state index contributed by atoms with van der Waals surface area (Å²) in [6.45, 7) is 7.96. The largest absolute Gasteiger partial charge is 0.336 e. The van der Waals surface area contributed by atoms with Gasteiger partial charge in [-0.2, -0.15) is 0 Å². The number of hydrogen-bond acceptors (Lipinski definition) is 3. The first kappa shape index (κ1) is 24.8. The molecular formula is C22H29Cl2N5O2. The maximum atomic E-state index is 12.8. The molecule has 0 fully saturated rings. The summed E-state index contributed by atoms with van der Waals surface area (Å²) in [5, 5.41) is 9.60. The summed E-state index contributed by atoms with van der Waals surface area (Å²) in [6.07, 6.45) is 0. The number of nitrogens with zero attached hydrogens (tertiary/aromatic N) is 2. The van der Waals surface area contributed by atoms with Gasteiger partial charge in [-0.05, 0) is 61.6 Å². The third-order valence-electron chi connectivity index (χ3n) is 4.73. The van der Waals surface area contributed by atoms with Gasteiger partial charge in [-0.3, -0.25) is 0 Å². The van der Waals surface area contributed by atoms with Gasteiger partial charge in [0.15, 0.2) is 0 Å². The van der Waals surface area contributed by atoms with Gasteiger partial charge in [0.1, 0.15) is 0 Å². The van der Waals surface area contributed by atoms with E-state index in [2.05, 4.69) is 34.7 Å². The smallest absolute Gasteiger partial charge is 0.321 e. The molecule has 4 amide bonds. The van der Waals surface area contributed by atoms with Gasteiger partial charge in [0.05, 0.1) is 0 Å². The van der Waals surface area contributed by atoms with Crippen LogP contribution in [0, 0.1) is 0 Å². The van der Waals surface area contributed by atoms with Gasteiger partial charge in [0.25, 0.3) is 0 Å². The third kappa shape index (κ3) is 9.04. The van der Waals surface area contributed by atoms with Crippen molar-refractivity contribution in [1.82, 2.24) is 15.1 Å². The van der Waals surface area contributed by atoms with E-state index in [9.17, 15) is 9.59 Å². The molecule has 0 unspecified atom stereocenters. The molecule has 0 saturated heterocycles. The van der Waals surface area contributed by atoms with E-state index in [1.54, 1.807) is 53.4 Å². The van der Waals surface area contributed by atoms with Crippen molar-refractivity contribution in [3.8, 4) is 0 Å². The summed E-state index contributed by atoms with van der Waals surface area (Å²) >= 11 is 11.8. The second kappa shape index (κ2) is 13.0. The molecule has 0 saturated carbocycles. The van der Waals surface area contributed by atoms with Crippen molar-refractivity contribution < 1.29 is 9.59 Å². The van der Waals surface area contributed by atoms with Crippen LogP contribution in [0.15, 0.2) is 48.5 Å². The number of benzene rings is 2. The van der Waals surface area contributed by atoms with Crippen LogP contribution < -0.4 is 16.0 Å². The normalized spacial score (nSPS) is 10.6. The molecular weight excluding hydrogens is 437 g/mol. The maximum absolute atomic E-state index is 12.8. The number of urea groups is 2. The average Bonchev–Trinajstić information content (AvgIpc) is 2.76. The molecule has 0 radical (unpaired) electrons. The number of rotatable bonds is 10. The van der Waals surface area contributed by atoms with Gasteiger partial charge in [0, 0.05) is 47.6 Å². The number of likely N-dealkylation sites (N-methyl/N-ethyl adjacent to an activating group) is 1. The summed E-state index contributed by atoms with van der Waals surface area (Å²) in [5.41, 5.74) is 1.30. The Balaban J connectivity index is 1.90. The average molecular weight is 466 g/mol. The van der Waals surface area contributed by atoms with E-state index in [1.807, 2.05) is 0 Å². The molecule has 0 aliphatic carbocycles. The quantitative estimate of drug-likeness (QED) is 0.462. The SMILES string of the molecule is CCN(CC)CCN(CCNC(=O)Nc1ccc(Cl)cc1)C(=O)Nc1ccc(Cl)cc1. The minimum absolute atomic E-state index is 0.227. The number of nitrogens with one attached hydrogen (secondary N) is 3. The molecule has 168 valence electrons. The summed E-state index contributed by atoms with van der Waals surface area (Å²) in [4.78, 5) is 28.9. The Morgan fingerprint density at radius 2 is 1.29 bits per heavy atom. The minimum Gasteiger partial charge on any atom is -0.336 e. The lowest BCUT2D eigenvalue weighted by Crippen LogP contribution is -2.45. The maximum Gasteiger partial charge on any atom is 0.321 e. The van der Waals surface area contributed by atoms with Crippen LogP contribution in [0.3, 0.4) is 0 Å². The van der Waals surface area contributed by atoms with Crippen molar-refractivity contribution in [2.24, 2.45) is 0 Å². The van der Waals surface area contributed by atoms with E-state index in [0.29, 0.717) is 41.1 Å². The van der Waals surface area contributed by atoms with Crippen LogP contribution in [-0.4, -0.2) is 61.1 Å². The van der Waals surface area contributed by atoms with Gasteiger partial charge in [-0.1, -0.05) is 37.0 Å². The Bertz CT molecular complexity index is 827. The second-order valence-electron chi connectivity index (χ2n) is 6.84. The van der Waals surface area contributed by atoms with Crippen LogP contribution in [0.25, 0.3) is 0 Å². The van der Waals surface area contributed by atoms with E-state index in [0.717, 1.165) is 19.6 Å². The van der Waals surface area contributed by atoms with E-state index in [1.165, 1.54) is 0 Å². The zero-order valence-corrected chi connectivity index (χ0v) is 19.3. The highest BCUT2D eigenvalue weighted by Gasteiger charge is 2.15. The van der Waals surface area contributed by atoms with Crippen LogP contribution in [-0.2, 0) is 0 Å². The fourth-order valence-electron chi connectivity index (χ4n) is 2.87. The first-order valence-electron chi connectivity index (χ1n) is 10.3. The summed E-state index contributed by atoms with van der Waals surface area (Å²) < 4.78 is 0. The highest BCUT2D eigenvalue weighted by atomic mass is 35.5. The van der Waals surface area contributed by atoms with Crippen LogP contribution in [0.1, 0.15) is 13.8 Å². The summed E-state index contributed by atoms with van der Waals surface area (Å²) in [5.74, 6) is 0. The molecule has 0 spiro atoms. The molecule has 0 aromatic heterocycles. The van der Waals surface area contributed by atoms with Crippen molar-refractivity contribution in [2.75, 3.05) is 49.9 Å². The van der Waals surface area contributed by atoms with Crippen LogP contribution in [0.2, 0.25) is 10.0 Å². The lowest BCUT2D eigenvalue weighted by Gasteiger charge is -2.27. The first-order valence-corrected chi connectivity index (χ1v) is 11.0. The molecule has 31 heavy (non-hydrogen) atoms. The predicted octanol–water partition coefficient (Wildman–Crippen LogP) is 4.99. The van der Waals surface area contributed by atoms with E-state index < -0.39 is 0 Å². The molecule has 7 nitrogen and oxygen atoms in total. The third-order valence-corrected chi connectivity index (χ3v) is 5.24. The monoisotopic (exact) mass is 465 g/mol. The Morgan fingerprint density at radius 3 is 1.81 bits per heavy atom. The lowest BCUT2D eigenvalue weighted by atomic mass is 10.3. The topological polar surface area (TPSA) is 76.7 Å². The van der Waals surface area contributed by atoms with Gasteiger partial charge in [-0.25, -0.2) is 9.59 Å². The van der Waals surface area contributed by atoms with Crippen molar-refractivity contribution in [1.29, 1.82) is 0 Å². The van der Waals surface area contributed by atoms with E-state index in [-0.39, 0.29) is 12.1 Å². The molecule has 9 heteroatoms. The number of amides is 4. The molecule has 2 aromatic rings. The standard InChI is InChI=1S/C22H29Cl2N5O2/c1-3-28(4-2)15-16-29(22(31)27-20-11-7-18(24)8-12-20)14-13-25-21(30)26-19-9-5-17(23)6-10-19/h5-12H,3-4,13-16H2,1-2H3,(H,27,31)(H2,25,26,30). The van der Waals surface area contributed by atoms with Gasteiger partial charge in [-0.15, -0.1) is 0 Å². The number of halogens is 2. The van der Waals surface area contributed by atoms with Gasteiger partial charge >= 0.3 is 12.1 Å². The zero-order valence-electron chi connectivity index (χ0n) is 17.8. The Morgan fingerprint density at radius 1 is 0.774 bits per heavy atom. The molecule has 2 aromatic carbocycles. The fraction of sp³-hybridized carbons (Fsp3) is 0.364. The number of anilines is 2. The molecule has 0 aliphatic heterocycles. The Kier molecular flexibility index (Phi) is 10.4. The van der Waals surface area contributed by atoms with Gasteiger partial charge in [0.2, 0.25) is 0 Å². The van der Waals surface area contributed by atoms with Crippen LogP contribution in [0.4, 0.5) is 21.0 Å². The highest BCUT2D eigenvalue weighted by Crippen LogP contribution is 2.14. The van der Waals surface area contributed by atoms with Gasteiger partial charge < -0.3 is 25.8 Å². The molecule has 0 atom stereocenters. The Hall–Kier alpha value is -2.48. The highest BCUT2D eigenvalue weighted by molar-refractivity contribution is 6.30. The lowest BCUT2D eigenvalue weighted by molar-refractivity contribution is 0.197. The van der Waals surface area contributed by atoms with Crippen LogP contribution in [0.5, 0.6) is 0 Å². The second-order valence-corrected chi connectivity index (χ2v) is 7.71. The zero-order chi connectivity index (χ0) is 22.6. The van der Waals surface area contributed by atoms with Crippen molar-refractivity contribution in [2.45, 2.75) is 13.8 Å². The summed E-state index contributed by atoms with van der Waals surface area (Å²) in [6, 6.07) is 13.2. The minimum atomic E-state index is -0.343. The number of carbonyl (C=O) groups excluding carboxylic acids is 2. The molecule has 2 rings (SSSR count). The molecule has 0 aliphatic rings. The van der Waals surface area contributed by atoms with E-state index >= 15 is 0 Å². The molecule has 3 N–H and O–H groups in total. The van der Waals surface area contributed by atoms with Crippen molar-refractivity contribution in [3.63, 3.8) is 0 Å². The van der Waals surface area contributed by atoms with Crippen molar-refractivity contribution >= 4 is 46.6 Å².